The number of hydrogen-bond donors (Lipinski definition) is 2. The predicted molar refractivity (Wildman–Crippen MR) is 60.8 cm³/mol. The van der Waals surface area contributed by atoms with E-state index >= 15 is 0 Å². The fraction of sp³-hybridized carbons (Fsp3) is 0.300. The van der Waals surface area contributed by atoms with Crippen LogP contribution in [0.5, 0.6) is 0 Å². The molecule has 0 aliphatic rings. The summed E-state index contributed by atoms with van der Waals surface area (Å²) in [5.74, 6) is -1.69. The van der Waals surface area contributed by atoms with Crippen molar-refractivity contribution in [3.05, 3.63) is 29.6 Å². The lowest BCUT2D eigenvalue weighted by Gasteiger charge is -2.06. The fourth-order valence-electron chi connectivity index (χ4n) is 1.25. The summed E-state index contributed by atoms with van der Waals surface area (Å²) in [5, 5.41) is 8.47. The highest BCUT2D eigenvalue weighted by molar-refractivity contribution is 7.92. The van der Waals surface area contributed by atoms with Gasteiger partial charge in [0.05, 0.1) is 11.9 Å². The largest absolute Gasteiger partial charge is 0.481 e. The normalized spacial score (nSPS) is 11.2. The molecule has 94 valence electrons. The van der Waals surface area contributed by atoms with Crippen LogP contribution in [0.15, 0.2) is 18.2 Å². The first-order valence-electron chi connectivity index (χ1n) is 4.76. The molecule has 0 radical (unpaired) electrons. The van der Waals surface area contributed by atoms with Crippen molar-refractivity contribution in [2.24, 2.45) is 0 Å². The van der Waals surface area contributed by atoms with Gasteiger partial charge in [-0.3, -0.25) is 9.52 Å². The zero-order valence-electron chi connectivity index (χ0n) is 9.10. The van der Waals surface area contributed by atoms with Crippen LogP contribution in [-0.2, 0) is 21.2 Å². The van der Waals surface area contributed by atoms with Gasteiger partial charge in [-0.1, -0.05) is 6.07 Å². The predicted octanol–water partition coefficient (Wildman–Crippen LogP) is 1.21. The number of nitrogens with one attached hydrogen (secondary N) is 1. The van der Waals surface area contributed by atoms with E-state index < -0.39 is 21.8 Å². The van der Waals surface area contributed by atoms with Crippen LogP contribution in [0.2, 0.25) is 0 Å². The molecule has 0 bridgehead atoms. The maximum atomic E-state index is 13.4. The Bertz CT molecular complexity index is 527. The monoisotopic (exact) mass is 261 g/mol. The molecule has 1 rings (SSSR count). The van der Waals surface area contributed by atoms with Crippen LogP contribution in [0.4, 0.5) is 10.1 Å². The summed E-state index contributed by atoms with van der Waals surface area (Å²) in [5.41, 5.74) is 0.357. The third-order valence-corrected chi connectivity index (χ3v) is 2.55. The highest BCUT2D eigenvalue weighted by Gasteiger charge is 2.08. The molecule has 1 aromatic carbocycles. The van der Waals surface area contributed by atoms with E-state index in [1.54, 1.807) is 0 Å². The maximum Gasteiger partial charge on any atom is 0.303 e. The van der Waals surface area contributed by atoms with E-state index in [0.29, 0.717) is 5.56 Å². The molecule has 0 unspecified atom stereocenters. The number of benzene rings is 1. The second-order valence-electron chi connectivity index (χ2n) is 3.58. The molecule has 0 aliphatic heterocycles. The molecule has 0 amide bonds. The molecule has 0 spiro atoms. The topological polar surface area (TPSA) is 83.5 Å². The molecule has 0 fully saturated rings. The Morgan fingerprint density at radius 3 is 2.59 bits per heavy atom. The van der Waals surface area contributed by atoms with Crippen molar-refractivity contribution in [1.29, 1.82) is 0 Å². The lowest BCUT2D eigenvalue weighted by Crippen LogP contribution is -2.11. The Morgan fingerprint density at radius 1 is 1.47 bits per heavy atom. The smallest absolute Gasteiger partial charge is 0.303 e. The molecular formula is C10H12FNO4S. The van der Waals surface area contributed by atoms with E-state index in [9.17, 15) is 17.6 Å². The average molecular weight is 261 g/mol. The molecule has 0 saturated heterocycles. The number of carbonyl (C=O) groups is 1. The second kappa shape index (κ2) is 5.13. The van der Waals surface area contributed by atoms with Crippen molar-refractivity contribution in [3.63, 3.8) is 0 Å². The van der Waals surface area contributed by atoms with Crippen molar-refractivity contribution in [2.75, 3.05) is 11.0 Å². The van der Waals surface area contributed by atoms with E-state index in [2.05, 4.69) is 0 Å². The standard InChI is InChI=1S/C10H12FNO4S/c1-17(15,16)12-9-4-2-7(6-8(9)11)3-5-10(13)14/h2,4,6,12H,3,5H2,1H3,(H,13,14). The highest BCUT2D eigenvalue weighted by Crippen LogP contribution is 2.17. The van der Waals surface area contributed by atoms with E-state index in [1.165, 1.54) is 12.1 Å². The van der Waals surface area contributed by atoms with Gasteiger partial charge in [0.25, 0.3) is 0 Å². The SMILES string of the molecule is CS(=O)(=O)Nc1ccc(CCC(=O)O)cc1F. The minimum absolute atomic E-state index is 0.0989. The van der Waals surface area contributed by atoms with Gasteiger partial charge in [0.1, 0.15) is 5.82 Å². The number of hydrogen-bond acceptors (Lipinski definition) is 3. The summed E-state index contributed by atoms with van der Waals surface area (Å²) in [6.45, 7) is 0. The number of halogens is 1. The molecule has 0 heterocycles. The Labute approximate surface area is 98.3 Å². The Kier molecular flexibility index (Phi) is 4.06. The number of carboxylic acid groups (broad SMARTS) is 1. The first-order valence-corrected chi connectivity index (χ1v) is 6.65. The number of anilines is 1. The van der Waals surface area contributed by atoms with Crippen molar-refractivity contribution >= 4 is 21.7 Å². The summed E-state index contributed by atoms with van der Waals surface area (Å²) < 4.78 is 37.2. The zero-order chi connectivity index (χ0) is 13.1. The summed E-state index contributed by atoms with van der Waals surface area (Å²) >= 11 is 0. The fourth-order valence-corrected chi connectivity index (χ4v) is 1.81. The molecule has 0 aromatic heterocycles. The quantitative estimate of drug-likeness (QED) is 0.834. The van der Waals surface area contributed by atoms with Crippen molar-refractivity contribution in [3.8, 4) is 0 Å². The molecule has 17 heavy (non-hydrogen) atoms. The van der Waals surface area contributed by atoms with Gasteiger partial charge in [-0.05, 0) is 24.1 Å². The lowest BCUT2D eigenvalue weighted by atomic mass is 10.1. The lowest BCUT2D eigenvalue weighted by molar-refractivity contribution is -0.136. The molecule has 0 saturated carbocycles. The number of sulfonamides is 1. The third-order valence-electron chi connectivity index (χ3n) is 1.96. The van der Waals surface area contributed by atoms with E-state index in [-0.39, 0.29) is 18.5 Å². The van der Waals surface area contributed by atoms with Crippen LogP contribution in [-0.4, -0.2) is 25.7 Å². The van der Waals surface area contributed by atoms with E-state index in [4.69, 9.17) is 5.11 Å². The van der Waals surface area contributed by atoms with Crippen molar-refractivity contribution in [1.82, 2.24) is 0 Å². The van der Waals surface area contributed by atoms with Crippen molar-refractivity contribution < 1.29 is 22.7 Å². The summed E-state index contributed by atoms with van der Waals surface area (Å²) in [6, 6.07) is 3.88. The molecule has 7 heteroatoms. The van der Waals surface area contributed by atoms with Crippen LogP contribution in [0.3, 0.4) is 0 Å². The van der Waals surface area contributed by atoms with E-state index in [0.717, 1.165) is 12.3 Å². The first-order chi connectivity index (χ1) is 7.78. The maximum absolute atomic E-state index is 13.4. The van der Waals surface area contributed by atoms with Crippen molar-refractivity contribution in [2.45, 2.75) is 12.8 Å². The number of rotatable bonds is 5. The average Bonchev–Trinajstić information content (AvgIpc) is 2.17. The number of aryl methyl sites for hydroxylation is 1. The Hall–Kier alpha value is -1.63. The molecular weight excluding hydrogens is 249 g/mol. The summed E-state index contributed by atoms with van der Waals surface area (Å²) in [4.78, 5) is 10.3. The van der Waals surface area contributed by atoms with Gasteiger partial charge >= 0.3 is 5.97 Å². The number of aliphatic carboxylic acids is 1. The van der Waals surface area contributed by atoms with Crippen LogP contribution in [0, 0.1) is 5.82 Å². The Morgan fingerprint density at radius 2 is 2.12 bits per heavy atom. The second-order valence-corrected chi connectivity index (χ2v) is 5.33. The van der Waals surface area contributed by atoms with Gasteiger partial charge in [0.15, 0.2) is 0 Å². The van der Waals surface area contributed by atoms with Gasteiger partial charge < -0.3 is 5.11 Å². The number of carboxylic acids is 1. The highest BCUT2D eigenvalue weighted by atomic mass is 32.2. The molecule has 5 nitrogen and oxygen atoms in total. The van der Waals surface area contributed by atoms with Gasteiger partial charge in [-0.25, -0.2) is 12.8 Å². The van der Waals surface area contributed by atoms with Crippen LogP contribution < -0.4 is 4.72 Å². The van der Waals surface area contributed by atoms with Gasteiger partial charge in [-0.2, -0.15) is 0 Å². The van der Waals surface area contributed by atoms with E-state index in [1.807, 2.05) is 4.72 Å². The van der Waals surface area contributed by atoms with Gasteiger partial charge in [-0.15, -0.1) is 0 Å². The van der Waals surface area contributed by atoms with Crippen LogP contribution in [0.25, 0.3) is 0 Å². The zero-order valence-corrected chi connectivity index (χ0v) is 9.92. The molecule has 0 atom stereocenters. The van der Waals surface area contributed by atoms with Crippen LogP contribution in [0.1, 0.15) is 12.0 Å². The molecule has 0 aliphatic carbocycles. The van der Waals surface area contributed by atoms with Gasteiger partial charge in [0.2, 0.25) is 10.0 Å². The first kappa shape index (κ1) is 13.4. The third kappa shape index (κ3) is 4.81. The Balaban J connectivity index is 2.83. The minimum Gasteiger partial charge on any atom is -0.481 e. The van der Waals surface area contributed by atoms with Crippen LogP contribution >= 0.6 is 0 Å². The van der Waals surface area contributed by atoms with Gasteiger partial charge in [0, 0.05) is 6.42 Å². The minimum atomic E-state index is -3.52. The summed E-state index contributed by atoms with van der Waals surface area (Å²) in [6.07, 6.45) is 1.02. The summed E-state index contributed by atoms with van der Waals surface area (Å²) in [7, 11) is -3.52. The molecule has 1 aromatic rings. The molecule has 2 N–H and O–H groups in total.